The molecule has 206 valence electrons. The van der Waals surface area contributed by atoms with Crippen LogP contribution >= 0.6 is 0 Å². The van der Waals surface area contributed by atoms with E-state index in [2.05, 4.69) is 0 Å². The van der Waals surface area contributed by atoms with Gasteiger partial charge in [-0.05, 0) is 6.42 Å². The van der Waals surface area contributed by atoms with E-state index in [1.165, 1.54) is 6.92 Å². The van der Waals surface area contributed by atoms with Crippen molar-refractivity contribution >= 4 is 0 Å². The molecule has 2 unspecified atom stereocenters. The second-order valence-electron chi connectivity index (χ2n) is 6.72. The van der Waals surface area contributed by atoms with Gasteiger partial charge in [0.2, 0.25) is 0 Å². The maximum atomic E-state index is 13.5. The lowest BCUT2D eigenvalue weighted by Gasteiger charge is -2.43. The monoisotopic (exact) mass is 555 g/mol. The molecule has 0 amide bonds. The van der Waals surface area contributed by atoms with Crippen molar-refractivity contribution < 1.29 is 83.4 Å². The van der Waals surface area contributed by atoms with Gasteiger partial charge in [-0.25, -0.2) is 14.1 Å². The van der Waals surface area contributed by atoms with Gasteiger partial charge in [-0.1, -0.05) is 19.8 Å². The van der Waals surface area contributed by atoms with Gasteiger partial charge in [0.15, 0.2) is 6.30 Å². The molecule has 0 rings (SSSR count). The van der Waals surface area contributed by atoms with Gasteiger partial charge in [0, 0.05) is 0 Å². The van der Waals surface area contributed by atoms with Gasteiger partial charge < -0.3 is 0 Å². The first-order valence-corrected chi connectivity index (χ1v) is 8.39. The summed E-state index contributed by atoms with van der Waals surface area (Å²) in [4.78, 5) is 0. The fourth-order valence-electron chi connectivity index (χ4n) is 2.06. The summed E-state index contributed by atoms with van der Waals surface area (Å²) in [6.45, 7) is 1.30. The van der Waals surface area contributed by atoms with Crippen molar-refractivity contribution in [2.75, 3.05) is 0 Å². The molecule has 0 aromatic heterocycles. The average molecular weight is 555 g/mol. The van der Waals surface area contributed by atoms with Crippen LogP contribution in [0.3, 0.4) is 0 Å². The van der Waals surface area contributed by atoms with Gasteiger partial charge in [0.25, 0.3) is 0 Å². The molecule has 0 radical (unpaired) electrons. The lowest BCUT2D eigenvalue weighted by atomic mass is 9.90. The molecule has 0 bridgehead atoms. The molecule has 0 fully saturated rings. The van der Waals surface area contributed by atoms with E-state index in [0.29, 0.717) is 0 Å². The molecule has 0 saturated heterocycles. The molecule has 0 spiro atoms. The molecule has 2 atom stereocenters. The number of hydrogen-bond acceptors (Lipinski definition) is 1. The normalized spacial score (nSPS) is 17.6. The number of hydrogen-bond donors (Lipinski definition) is 1. The van der Waals surface area contributed by atoms with Crippen molar-refractivity contribution in [3.63, 3.8) is 0 Å². The summed E-state index contributed by atoms with van der Waals surface area (Å²) in [5, 5.41) is -0.571. The minimum Gasteiger partial charge on any atom is -0.243 e. The van der Waals surface area contributed by atoms with Crippen LogP contribution in [0.15, 0.2) is 0 Å². The van der Waals surface area contributed by atoms with Crippen LogP contribution in [0.2, 0.25) is 0 Å². The Labute approximate surface area is 176 Å². The molecule has 1 N–H and O–H groups in total. The van der Waals surface area contributed by atoms with E-state index in [1.807, 2.05) is 0 Å². The van der Waals surface area contributed by atoms with Crippen molar-refractivity contribution in [2.45, 2.75) is 86.4 Å². The first kappa shape index (κ1) is 32.6. The van der Waals surface area contributed by atoms with Crippen LogP contribution in [0, 0.1) is 0 Å². The summed E-state index contributed by atoms with van der Waals surface area (Å²) in [7, 11) is 0. The fraction of sp³-hybridized carbons (Fsp3) is 1.00. The quantitative estimate of drug-likeness (QED) is 0.196. The lowest BCUT2D eigenvalue weighted by Crippen LogP contribution is -2.76. The molecule has 20 heteroatoms. The Kier molecular flexibility index (Phi) is 8.88. The first-order valence-electron chi connectivity index (χ1n) is 8.39. The van der Waals surface area contributed by atoms with Crippen LogP contribution in [0.4, 0.5) is 83.4 Å². The van der Waals surface area contributed by atoms with Crippen LogP contribution in [0.5, 0.6) is 0 Å². The number of alkyl halides is 19. The highest BCUT2D eigenvalue weighted by molar-refractivity contribution is 5.14. The fourth-order valence-corrected chi connectivity index (χ4v) is 2.06. The SMILES string of the molecule is CCCCC(F)C(F)NC(F)(F)C(F)(F)C(F)(F)C(F)(F)C(F)(F)C(F)(F)C(F)(F)C(F)(F)F. The second-order valence-corrected chi connectivity index (χ2v) is 6.72. The van der Waals surface area contributed by atoms with Crippen LogP contribution in [-0.4, -0.2) is 60.2 Å². The van der Waals surface area contributed by atoms with Gasteiger partial charge in [0.1, 0.15) is 6.17 Å². The zero-order valence-corrected chi connectivity index (χ0v) is 16.0. The van der Waals surface area contributed by atoms with Crippen molar-refractivity contribution in [1.29, 1.82) is 0 Å². The molecule has 0 aromatic carbocycles. The highest BCUT2D eigenvalue weighted by atomic mass is 19.4. The number of halogens is 19. The predicted octanol–water partition coefficient (Wildman–Crippen LogP) is 7.37. The third-order valence-electron chi connectivity index (χ3n) is 4.19. The highest BCUT2D eigenvalue weighted by Crippen LogP contribution is 2.63. The predicted molar refractivity (Wildman–Crippen MR) is 73.1 cm³/mol. The van der Waals surface area contributed by atoms with Crippen molar-refractivity contribution in [2.24, 2.45) is 0 Å². The van der Waals surface area contributed by atoms with Crippen LogP contribution < -0.4 is 5.32 Å². The summed E-state index contributed by atoms with van der Waals surface area (Å²) < 4.78 is 248. The highest BCUT2D eigenvalue weighted by Gasteiger charge is 2.95. The van der Waals surface area contributed by atoms with Gasteiger partial charge in [-0.2, -0.15) is 74.6 Å². The Balaban J connectivity index is 6.45. The van der Waals surface area contributed by atoms with E-state index < -0.39 is 72.0 Å². The second kappa shape index (κ2) is 9.25. The topological polar surface area (TPSA) is 12.0 Å². The van der Waals surface area contributed by atoms with Gasteiger partial charge >= 0.3 is 47.8 Å². The van der Waals surface area contributed by atoms with E-state index in [1.54, 1.807) is 0 Å². The molecule has 0 aliphatic rings. The van der Waals surface area contributed by atoms with E-state index >= 15 is 0 Å². The molecule has 34 heavy (non-hydrogen) atoms. The van der Waals surface area contributed by atoms with Crippen molar-refractivity contribution in [1.82, 2.24) is 5.32 Å². The third-order valence-corrected chi connectivity index (χ3v) is 4.19. The number of rotatable bonds is 12. The van der Waals surface area contributed by atoms with Crippen LogP contribution in [-0.2, 0) is 0 Å². The smallest absolute Gasteiger partial charge is 0.243 e. The maximum Gasteiger partial charge on any atom is 0.460 e. The largest absolute Gasteiger partial charge is 0.460 e. The zero-order valence-electron chi connectivity index (χ0n) is 16.0. The van der Waals surface area contributed by atoms with Crippen molar-refractivity contribution in [3.05, 3.63) is 0 Å². The van der Waals surface area contributed by atoms with Gasteiger partial charge in [-0.3, -0.25) is 0 Å². The minimum absolute atomic E-state index is 0.0237. The number of nitrogens with one attached hydrogen (secondary N) is 1. The van der Waals surface area contributed by atoms with Gasteiger partial charge in [-0.15, -0.1) is 0 Å². The van der Waals surface area contributed by atoms with E-state index in [-0.39, 0.29) is 12.8 Å². The standard InChI is InChI=1S/C14H12F19N/c1-2-3-4-5(15)6(16)34-14(32,33)12(27,28)10(23,24)8(19,20)7(17,18)9(21,22)11(25,26)13(29,30)31/h5-6,34H,2-4H2,1H3. The Morgan fingerprint density at radius 2 is 0.853 bits per heavy atom. The summed E-state index contributed by atoms with van der Waals surface area (Å²) in [5.41, 5.74) is 0. The third kappa shape index (κ3) is 4.83. The molecule has 0 saturated carbocycles. The van der Waals surface area contributed by atoms with Crippen LogP contribution in [0.1, 0.15) is 26.2 Å². The summed E-state index contributed by atoms with van der Waals surface area (Å²) >= 11 is 0. The number of unbranched alkanes of at least 4 members (excludes halogenated alkanes) is 1. The average Bonchev–Trinajstić information content (AvgIpc) is 2.63. The molecular weight excluding hydrogens is 543 g/mol. The Morgan fingerprint density at radius 3 is 1.18 bits per heavy atom. The summed E-state index contributed by atoms with van der Waals surface area (Å²) in [6, 6.07) is -7.17. The van der Waals surface area contributed by atoms with E-state index in [9.17, 15) is 83.4 Å². The summed E-state index contributed by atoms with van der Waals surface area (Å²) in [6.07, 6.45) is -16.5. The molecular formula is C14H12F19N. The Bertz CT molecular complexity index is 681. The molecule has 0 aromatic rings. The van der Waals surface area contributed by atoms with E-state index in [4.69, 9.17) is 0 Å². The summed E-state index contributed by atoms with van der Waals surface area (Å²) in [5.74, 6) is -51.1. The van der Waals surface area contributed by atoms with Gasteiger partial charge in [0.05, 0.1) is 0 Å². The molecule has 1 nitrogen and oxygen atoms in total. The Morgan fingerprint density at radius 1 is 0.529 bits per heavy atom. The molecule has 0 aliphatic carbocycles. The van der Waals surface area contributed by atoms with E-state index in [0.717, 1.165) is 0 Å². The molecule has 0 heterocycles. The van der Waals surface area contributed by atoms with Crippen molar-refractivity contribution in [3.8, 4) is 0 Å². The first-order chi connectivity index (χ1) is 14.6. The van der Waals surface area contributed by atoms with Crippen LogP contribution in [0.25, 0.3) is 0 Å². The minimum atomic E-state index is -8.78. The zero-order chi connectivity index (χ0) is 28.0. The molecule has 0 aliphatic heterocycles. The Hall–Kier alpha value is -1.37. The lowest BCUT2D eigenvalue weighted by molar-refractivity contribution is -0.463. The maximum absolute atomic E-state index is 13.5.